The number of anilines is 1. The highest BCUT2D eigenvalue weighted by Crippen LogP contribution is 2.21. The molecule has 0 aliphatic rings. The summed E-state index contributed by atoms with van der Waals surface area (Å²) in [5.74, 6) is 0.540. The predicted molar refractivity (Wildman–Crippen MR) is 93.5 cm³/mol. The van der Waals surface area contributed by atoms with Gasteiger partial charge in [0.25, 0.3) is 5.91 Å². The molecule has 2 aromatic carbocycles. The molecule has 4 heteroatoms. The van der Waals surface area contributed by atoms with Crippen molar-refractivity contribution in [3.05, 3.63) is 57.6 Å². The topological polar surface area (TPSA) is 38.3 Å². The lowest BCUT2D eigenvalue weighted by Gasteiger charge is -2.16. The molecule has 3 nitrogen and oxygen atoms in total. The van der Waals surface area contributed by atoms with Gasteiger partial charge in [-0.1, -0.05) is 22.0 Å². The molecular weight excluding hydrogens is 342 g/mol. The van der Waals surface area contributed by atoms with Gasteiger partial charge in [0.05, 0.1) is 0 Å². The molecule has 2 rings (SSSR count). The Bertz CT molecular complexity index is 697. The zero-order valence-electron chi connectivity index (χ0n) is 13.2. The zero-order chi connectivity index (χ0) is 16.3. The molecule has 0 fully saturated rings. The third-order valence-corrected chi connectivity index (χ3v) is 4.48. The lowest BCUT2D eigenvalue weighted by Crippen LogP contribution is -2.30. The fourth-order valence-electron chi connectivity index (χ4n) is 2.01. The Kier molecular flexibility index (Phi) is 5.24. The van der Waals surface area contributed by atoms with E-state index in [2.05, 4.69) is 21.2 Å². The smallest absolute Gasteiger partial charge is 0.265 e. The monoisotopic (exact) mass is 361 g/mol. The molecule has 0 bridgehead atoms. The van der Waals surface area contributed by atoms with Crippen LogP contribution in [-0.2, 0) is 4.79 Å². The number of benzene rings is 2. The summed E-state index contributed by atoms with van der Waals surface area (Å²) >= 11 is 3.44. The highest BCUT2D eigenvalue weighted by Gasteiger charge is 2.15. The molecular formula is C18H20BrNO2. The van der Waals surface area contributed by atoms with E-state index < -0.39 is 6.10 Å². The van der Waals surface area contributed by atoms with Gasteiger partial charge in [0, 0.05) is 10.2 Å². The highest BCUT2D eigenvalue weighted by atomic mass is 79.9. The molecule has 0 heterocycles. The van der Waals surface area contributed by atoms with Gasteiger partial charge in [0.1, 0.15) is 5.75 Å². The zero-order valence-corrected chi connectivity index (χ0v) is 14.8. The minimum Gasteiger partial charge on any atom is -0.481 e. The maximum atomic E-state index is 12.2. The lowest BCUT2D eigenvalue weighted by atomic mass is 10.1. The van der Waals surface area contributed by atoms with Crippen LogP contribution in [0.4, 0.5) is 5.69 Å². The molecule has 1 N–H and O–H groups in total. The van der Waals surface area contributed by atoms with E-state index in [0.717, 1.165) is 21.3 Å². The fourth-order valence-corrected chi connectivity index (χ4v) is 2.26. The van der Waals surface area contributed by atoms with E-state index in [0.29, 0.717) is 5.75 Å². The molecule has 0 saturated carbocycles. The summed E-state index contributed by atoms with van der Waals surface area (Å²) in [6, 6.07) is 11.5. The minimum atomic E-state index is -0.564. The second kappa shape index (κ2) is 6.97. The molecule has 0 aromatic heterocycles. The van der Waals surface area contributed by atoms with E-state index >= 15 is 0 Å². The van der Waals surface area contributed by atoms with E-state index in [4.69, 9.17) is 4.74 Å². The molecule has 116 valence electrons. The second-order valence-corrected chi connectivity index (χ2v) is 6.31. The Hall–Kier alpha value is -1.81. The Labute approximate surface area is 139 Å². The van der Waals surface area contributed by atoms with Crippen LogP contribution in [0.3, 0.4) is 0 Å². The van der Waals surface area contributed by atoms with Gasteiger partial charge in [0.15, 0.2) is 6.10 Å². The maximum Gasteiger partial charge on any atom is 0.265 e. The van der Waals surface area contributed by atoms with Crippen molar-refractivity contribution in [3.8, 4) is 5.75 Å². The SMILES string of the molecule is Cc1ccc(O[C@H](C)C(=O)Nc2ccc(Br)c(C)c2)cc1C. The first-order valence-electron chi connectivity index (χ1n) is 7.18. The summed E-state index contributed by atoms with van der Waals surface area (Å²) in [7, 11) is 0. The predicted octanol–water partition coefficient (Wildman–Crippen LogP) is 4.78. The number of nitrogens with one attached hydrogen (secondary N) is 1. The average molecular weight is 362 g/mol. The van der Waals surface area contributed by atoms with Crippen molar-refractivity contribution < 1.29 is 9.53 Å². The van der Waals surface area contributed by atoms with Crippen LogP contribution in [0.5, 0.6) is 5.75 Å². The summed E-state index contributed by atoms with van der Waals surface area (Å²) in [5.41, 5.74) is 4.19. The van der Waals surface area contributed by atoms with E-state index in [1.165, 1.54) is 5.56 Å². The van der Waals surface area contributed by atoms with E-state index in [1.807, 2.05) is 57.2 Å². The average Bonchev–Trinajstić information content (AvgIpc) is 2.46. The number of hydrogen-bond donors (Lipinski definition) is 1. The van der Waals surface area contributed by atoms with Crippen LogP contribution in [0.2, 0.25) is 0 Å². The highest BCUT2D eigenvalue weighted by molar-refractivity contribution is 9.10. The third kappa shape index (κ3) is 4.10. The van der Waals surface area contributed by atoms with E-state index in [9.17, 15) is 4.79 Å². The number of halogens is 1. The Morgan fingerprint density at radius 3 is 2.41 bits per heavy atom. The molecule has 1 atom stereocenters. The van der Waals surface area contributed by atoms with Gasteiger partial charge in [-0.3, -0.25) is 4.79 Å². The number of carbonyl (C=O) groups is 1. The van der Waals surface area contributed by atoms with Crippen molar-refractivity contribution in [2.24, 2.45) is 0 Å². The molecule has 0 aliphatic heterocycles. The quantitative estimate of drug-likeness (QED) is 0.850. The molecule has 0 unspecified atom stereocenters. The standard InChI is InChI=1S/C18H20BrNO2/c1-11-5-7-16(10-12(11)2)22-14(4)18(21)20-15-6-8-17(19)13(3)9-15/h5-10,14H,1-4H3,(H,20,21)/t14-/m1/s1. The van der Waals surface area contributed by atoms with Gasteiger partial charge in [-0.25, -0.2) is 0 Å². The maximum absolute atomic E-state index is 12.2. The van der Waals surface area contributed by atoms with Crippen molar-refractivity contribution in [1.29, 1.82) is 0 Å². The molecule has 0 aliphatic carbocycles. The number of amides is 1. The van der Waals surface area contributed by atoms with Crippen molar-refractivity contribution in [2.75, 3.05) is 5.32 Å². The van der Waals surface area contributed by atoms with Crippen molar-refractivity contribution >= 4 is 27.5 Å². The summed E-state index contributed by atoms with van der Waals surface area (Å²) in [5, 5.41) is 2.87. The van der Waals surface area contributed by atoms with Gasteiger partial charge < -0.3 is 10.1 Å². The summed E-state index contributed by atoms with van der Waals surface area (Å²) in [6.45, 7) is 7.80. The van der Waals surface area contributed by atoms with E-state index in [1.54, 1.807) is 6.92 Å². The first kappa shape index (κ1) is 16.6. The number of ether oxygens (including phenoxy) is 1. The Balaban J connectivity index is 2.02. The summed E-state index contributed by atoms with van der Waals surface area (Å²) in [4.78, 5) is 12.2. The van der Waals surface area contributed by atoms with Crippen LogP contribution < -0.4 is 10.1 Å². The van der Waals surface area contributed by atoms with Crippen molar-refractivity contribution in [1.82, 2.24) is 0 Å². The van der Waals surface area contributed by atoms with Crippen LogP contribution in [-0.4, -0.2) is 12.0 Å². The van der Waals surface area contributed by atoms with Crippen LogP contribution in [0.15, 0.2) is 40.9 Å². The molecule has 0 spiro atoms. The molecule has 22 heavy (non-hydrogen) atoms. The Morgan fingerprint density at radius 2 is 1.77 bits per heavy atom. The Morgan fingerprint density at radius 1 is 1.05 bits per heavy atom. The van der Waals surface area contributed by atoms with Crippen LogP contribution >= 0.6 is 15.9 Å². The second-order valence-electron chi connectivity index (χ2n) is 5.46. The van der Waals surface area contributed by atoms with Gasteiger partial charge >= 0.3 is 0 Å². The number of carbonyl (C=O) groups excluding carboxylic acids is 1. The minimum absolute atomic E-state index is 0.167. The van der Waals surface area contributed by atoms with Crippen LogP contribution in [0.25, 0.3) is 0 Å². The van der Waals surface area contributed by atoms with Gasteiger partial charge in [-0.2, -0.15) is 0 Å². The molecule has 1 amide bonds. The normalized spacial score (nSPS) is 11.9. The van der Waals surface area contributed by atoms with Crippen LogP contribution in [0.1, 0.15) is 23.6 Å². The van der Waals surface area contributed by atoms with Crippen molar-refractivity contribution in [2.45, 2.75) is 33.8 Å². The van der Waals surface area contributed by atoms with Gasteiger partial charge in [0.2, 0.25) is 0 Å². The fraction of sp³-hybridized carbons (Fsp3) is 0.278. The number of hydrogen-bond acceptors (Lipinski definition) is 2. The lowest BCUT2D eigenvalue weighted by molar-refractivity contribution is -0.122. The molecule has 0 saturated heterocycles. The van der Waals surface area contributed by atoms with Crippen molar-refractivity contribution in [3.63, 3.8) is 0 Å². The summed E-state index contributed by atoms with van der Waals surface area (Å²) in [6.07, 6.45) is -0.564. The van der Waals surface area contributed by atoms with Gasteiger partial charge in [-0.15, -0.1) is 0 Å². The third-order valence-electron chi connectivity index (χ3n) is 3.59. The molecule has 2 aromatic rings. The first-order chi connectivity index (χ1) is 10.4. The first-order valence-corrected chi connectivity index (χ1v) is 7.97. The molecule has 0 radical (unpaired) electrons. The summed E-state index contributed by atoms with van der Waals surface area (Å²) < 4.78 is 6.74. The van der Waals surface area contributed by atoms with E-state index in [-0.39, 0.29) is 5.91 Å². The van der Waals surface area contributed by atoms with Gasteiger partial charge in [-0.05, 0) is 74.7 Å². The number of rotatable bonds is 4. The van der Waals surface area contributed by atoms with Crippen LogP contribution in [0, 0.1) is 20.8 Å². The number of aryl methyl sites for hydroxylation is 3. The largest absolute Gasteiger partial charge is 0.481 e.